The van der Waals surface area contributed by atoms with Crippen LogP contribution >= 0.6 is 0 Å². The first kappa shape index (κ1) is 24.3. The van der Waals surface area contributed by atoms with Gasteiger partial charge in [-0.2, -0.15) is 4.98 Å². The molecule has 196 valence electrons. The fourth-order valence-corrected chi connectivity index (χ4v) is 5.48. The van der Waals surface area contributed by atoms with Crippen LogP contribution < -0.4 is 10.2 Å². The second-order valence-electron chi connectivity index (χ2n) is 9.29. The Hall–Kier alpha value is -4.03. The van der Waals surface area contributed by atoms with Crippen LogP contribution in [-0.4, -0.2) is 71.7 Å². The highest BCUT2D eigenvalue weighted by Gasteiger charge is 2.26. The van der Waals surface area contributed by atoms with Crippen LogP contribution in [0.25, 0.3) is 33.8 Å². The Morgan fingerprint density at radius 2 is 1.89 bits per heavy atom. The molecule has 1 aliphatic heterocycles. The standard InChI is InChI=1S/C26H26FN7O3S/c1-16-15-37-13-12-32(16)24-23-11-10-21(18-9-8-17(14-19(18)27)38(3,35)36)34(23)31-26(30-24)33-22-7-5-4-6-20(22)29-25(33)28-2/h4-11,14,16H,12-13,15H2,1-3H3,(H,28,29)/t16-/m1/s1. The number of anilines is 2. The summed E-state index contributed by atoms with van der Waals surface area (Å²) in [5, 5.41) is 7.97. The Bertz CT molecular complexity index is 1800. The summed E-state index contributed by atoms with van der Waals surface area (Å²) < 4.78 is 48.4. The van der Waals surface area contributed by atoms with Crippen LogP contribution in [0.1, 0.15) is 6.92 Å². The van der Waals surface area contributed by atoms with Gasteiger partial charge >= 0.3 is 0 Å². The van der Waals surface area contributed by atoms with Gasteiger partial charge in [0, 0.05) is 25.4 Å². The van der Waals surface area contributed by atoms with Crippen molar-refractivity contribution >= 4 is 38.2 Å². The lowest BCUT2D eigenvalue weighted by Crippen LogP contribution is -2.44. The monoisotopic (exact) mass is 535 g/mol. The molecule has 0 unspecified atom stereocenters. The number of fused-ring (bicyclic) bond motifs is 2. The molecule has 0 amide bonds. The summed E-state index contributed by atoms with van der Waals surface area (Å²) in [6.07, 6.45) is 1.05. The molecule has 1 aliphatic rings. The average Bonchev–Trinajstić information content (AvgIpc) is 3.49. The number of aromatic nitrogens is 5. The van der Waals surface area contributed by atoms with Crippen LogP contribution in [0.3, 0.4) is 0 Å². The second-order valence-corrected chi connectivity index (χ2v) is 11.3. The maximum atomic E-state index is 15.3. The first-order valence-electron chi connectivity index (χ1n) is 12.2. The van der Waals surface area contributed by atoms with Crippen molar-refractivity contribution in [1.82, 2.24) is 24.1 Å². The molecule has 2 aromatic carbocycles. The van der Waals surface area contributed by atoms with Gasteiger partial charge in [-0.1, -0.05) is 12.1 Å². The minimum atomic E-state index is -3.55. The van der Waals surface area contributed by atoms with E-state index >= 15 is 4.39 Å². The molecule has 1 saturated heterocycles. The predicted molar refractivity (Wildman–Crippen MR) is 143 cm³/mol. The number of imidazole rings is 1. The fraction of sp³-hybridized carbons (Fsp3) is 0.269. The zero-order valence-electron chi connectivity index (χ0n) is 21.1. The van der Waals surface area contributed by atoms with Crippen molar-refractivity contribution in [2.45, 2.75) is 17.9 Å². The van der Waals surface area contributed by atoms with Gasteiger partial charge in [-0.15, -0.1) is 5.10 Å². The van der Waals surface area contributed by atoms with Gasteiger partial charge in [0.2, 0.25) is 5.95 Å². The van der Waals surface area contributed by atoms with E-state index in [1.165, 1.54) is 12.1 Å². The van der Waals surface area contributed by atoms with Crippen LogP contribution in [0.4, 0.5) is 16.2 Å². The first-order chi connectivity index (χ1) is 18.3. The van der Waals surface area contributed by atoms with Crippen molar-refractivity contribution in [1.29, 1.82) is 0 Å². The number of rotatable bonds is 5. The summed E-state index contributed by atoms with van der Waals surface area (Å²) >= 11 is 0. The van der Waals surface area contributed by atoms with Crippen molar-refractivity contribution in [3.8, 4) is 17.2 Å². The molecule has 0 aliphatic carbocycles. The van der Waals surface area contributed by atoms with Gasteiger partial charge in [-0.3, -0.25) is 0 Å². The van der Waals surface area contributed by atoms with E-state index in [0.29, 0.717) is 48.7 Å². The summed E-state index contributed by atoms with van der Waals surface area (Å²) in [6, 6.07) is 15.3. The Kier molecular flexibility index (Phi) is 5.80. The first-order valence-corrected chi connectivity index (χ1v) is 14.0. The number of sulfone groups is 1. The molecule has 0 bridgehead atoms. The van der Waals surface area contributed by atoms with Crippen molar-refractivity contribution in [2.24, 2.45) is 0 Å². The van der Waals surface area contributed by atoms with E-state index in [9.17, 15) is 8.42 Å². The largest absolute Gasteiger partial charge is 0.377 e. The predicted octanol–water partition coefficient (Wildman–Crippen LogP) is 3.54. The maximum Gasteiger partial charge on any atom is 0.257 e. The molecular formula is C26H26FN7O3S. The van der Waals surface area contributed by atoms with Crippen LogP contribution in [0.5, 0.6) is 0 Å². The summed E-state index contributed by atoms with van der Waals surface area (Å²) in [4.78, 5) is 11.8. The Labute approximate surface area is 218 Å². The molecule has 6 rings (SSSR count). The quantitative estimate of drug-likeness (QED) is 0.364. The molecular weight excluding hydrogens is 509 g/mol. The average molecular weight is 536 g/mol. The third-order valence-electron chi connectivity index (χ3n) is 6.75. The molecule has 3 aromatic heterocycles. The van der Waals surface area contributed by atoms with E-state index in [1.807, 2.05) is 34.9 Å². The third kappa shape index (κ3) is 3.96. The lowest BCUT2D eigenvalue weighted by Gasteiger charge is -2.34. The summed E-state index contributed by atoms with van der Waals surface area (Å²) in [6.45, 7) is 3.81. The van der Waals surface area contributed by atoms with Crippen molar-refractivity contribution < 1.29 is 17.5 Å². The topological polar surface area (TPSA) is 107 Å². The minimum Gasteiger partial charge on any atom is -0.377 e. The molecule has 1 N–H and O–H groups in total. The van der Waals surface area contributed by atoms with Crippen molar-refractivity contribution in [3.63, 3.8) is 0 Å². The minimum absolute atomic E-state index is 0.0581. The Morgan fingerprint density at radius 1 is 1.08 bits per heavy atom. The van der Waals surface area contributed by atoms with E-state index in [4.69, 9.17) is 14.8 Å². The van der Waals surface area contributed by atoms with Gasteiger partial charge in [0.25, 0.3) is 5.95 Å². The van der Waals surface area contributed by atoms with E-state index in [-0.39, 0.29) is 16.5 Å². The zero-order chi connectivity index (χ0) is 26.6. The van der Waals surface area contributed by atoms with Gasteiger partial charge in [-0.25, -0.2) is 26.9 Å². The molecule has 0 saturated carbocycles. The molecule has 0 radical (unpaired) electrons. The Balaban J connectivity index is 1.63. The molecule has 0 spiro atoms. The molecule has 1 fully saturated rings. The van der Waals surface area contributed by atoms with E-state index < -0.39 is 15.7 Å². The van der Waals surface area contributed by atoms with Gasteiger partial charge in [0.05, 0.1) is 40.9 Å². The van der Waals surface area contributed by atoms with Crippen LogP contribution in [0.2, 0.25) is 0 Å². The van der Waals surface area contributed by atoms with E-state index in [0.717, 1.165) is 23.4 Å². The summed E-state index contributed by atoms with van der Waals surface area (Å²) in [5.41, 5.74) is 2.98. The SMILES string of the molecule is CNc1nc2ccccc2n1-c1nc(N2CCOC[C@H]2C)c2ccc(-c3ccc(S(C)(=O)=O)cc3F)n2n1. The highest BCUT2D eigenvalue weighted by atomic mass is 32.2. The fourth-order valence-electron chi connectivity index (χ4n) is 4.85. The normalized spacial score (nSPS) is 16.4. The number of morpholine rings is 1. The second kappa shape index (κ2) is 9.07. The van der Waals surface area contributed by atoms with Gasteiger partial charge < -0.3 is 15.0 Å². The smallest absolute Gasteiger partial charge is 0.257 e. The third-order valence-corrected chi connectivity index (χ3v) is 7.86. The molecule has 1 atom stereocenters. The van der Waals surface area contributed by atoms with Gasteiger partial charge in [0.1, 0.15) is 11.3 Å². The number of para-hydroxylation sites is 2. The van der Waals surface area contributed by atoms with Gasteiger partial charge in [-0.05, 0) is 49.4 Å². The number of nitrogens with zero attached hydrogens (tertiary/aromatic N) is 6. The lowest BCUT2D eigenvalue weighted by molar-refractivity contribution is 0.0986. The van der Waals surface area contributed by atoms with Crippen LogP contribution in [0.15, 0.2) is 59.5 Å². The number of halogens is 1. The maximum absolute atomic E-state index is 15.3. The molecule has 5 aromatic rings. The highest BCUT2D eigenvalue weighted by molar-refractivity contribution is 7.90. The van der Waals surface area contributed by atoms with E-state index in [2.05, 4.69) is 22.1 Å². The van der Waals surface area contributed by atoms with Crippen LogP contribution in [-0.2, 0) is 14.6 Å². The number of ether oxygens (including phenoxy) is 1. The molecule has 4 heterocycles. The molecule has 10 nitrogen and oxygen atoms in total. The highest BCUT2D eigenvalue weighted by Crippen LogP contribution is 2.33. The van der Waals surface area contributed by atoms with Crippen LogP contribution in [0, 0.1) is 5.82 Å². The van der Waals surface area contributed by atoms with Gasteiger partial charge in [0.15, 0.2) is 15.7 Å². The lowest BCUT2D eigenvalue weighted by atomic mass is 10.1. The summed E-state index contributed by atoms with van der Waals surface area (Å²) in [7, 11) is -1.78. The number of hydrogen-bond acceptors (Lipinski definition) is 8. The molecule has 38 heavy (non-hydrogen) atoms. The number of hydrogen-bond donors (Lipinski definition) is 1. The number of benzene rings is 2. The zero-order valence-corrected chi connectivity index (χ0v) is 21.9. The van der Waals surface area contributed by atoms with E-state index in [1.54, 1.807) is 17.6 Å². The molecule has 12 heteroatoms. The van der Waals surface area contributed by atoms with Crippen molar-refractivity contribution in [2.75, 3.05) is 43.3 Å². The Morgan fingerprint density at radius 3 is 2.63 bits per heavy atom. The number of nitrogens with one attached hydrogen (secondary N) is 1. The summed E-state index contributed by atoms with van der Waals surface area (Å²) in [5.74, 6) is 0.946. The van der Waals surface area contributed by atoms with Crippen molar-refractivity contribution in [3.05, 3.63) is 60.4 Å².